The van der Waals surface area contributed by atoms with E-state index in [0.717, 1.165) is 28.6 Å². The van der Waals surface area contributed by atoms with E-state index in [0.29, 0.717) is 26.2 Å². The number of benzene rings is 1. The Bertz CT molecular complexity index is 1190. The predicted molar refractivity (Wildman–Crippen MR) is 127 cm³/mol. The Balaban J connectivity index is 1.87. The Morgan fingerprint density at radius 1 is 1.35 bits per heavy atom. The van der Waals surface area contributed by atoms with Gasteiger partial charge in [-0.05, 0) is 67.3 Å². The second-order valence-corrected chi connectivity index (χ2v) is 9.56. The quantitative estimate of drug-likeness (QED) is 0.478. The molecule has 4 rings (SSSR count). The largest absolute Gasteiger partial charge is 0.478 e. The maximum atomic E-state index is 15.5. The fraction of sp³-hybridized carbons (Fsp3) is 0.370. The number of halogens is 2. The van der Waals surface area contributed by atoms with Crippen molar-refractivity contribution in [2.24, 2.45) is 5.41 Å². The van der Waals surface area contributed by atoms with Crippen molar-refractivity contribution in [2.75, 3.05) is 19.8 Å². The lowest BCUT2D eigenvalue weighted by atomic mass is 9.82. The fourth-order valence-corrected chi connectivity index (χ4v) is 5.03. The van der Waals surface area contributed by atoms with Gasteiger partial charge in [0.1, 0.15) is 11.6 Å². The Labute approximate surface area is 198 Å². The SMILES string of the molecule is C#C/C=C\c1c(C)[nH]c2c1CC(C)N(CC1(C)COC1)C2c1c(F)cc(/C=C/C(=O)O)cc1F. The minimum atomic E-state index is -1.19. The number of nitrogens with zero attached hydrogens (tertiary/aromatic N) is 1. The van der Waals surface area contributed by atoms with Crippen molar-refractivity contribution in [1.82, 2.24) is 9.88 Å². The number of H-pyrrole nitrogens is 1. The van der Waals surface area contributed by atoms with Crippen LogP contribution in [0.1, 0.15) is 53.5 Å². The highest BCUT2D eigenvalue weighted by atomic mass is 19.1. The normalized spacial score (nSPS) is 22.0. The van der Waals surface area contributed by atoms with Crippen molar-refractivity contribution in [3.8, 4) is 12.3 Å². The van der Waals surface area contributed by atoms with Crippen LogP contribution in [0.3, 0.4) is 0 Å². The van der Waals surface area contributed by atoms with E-state index in [9.17, 15) is 4.79 Å². The summed E-state index contributed by atoms with van der Waals surface area (Å²) in [4.78, 5) is 16.4. The van der Waals surface area contributed by atoms with Crippen molar-refractivity contribution in [2.45, 2.75) is 39.3 Å². The molecule has 1 fully saturated rings. The molecule has 2 aliphatic heterocycles. The van der Waals surface area contributed by atoms with Crippen LogP contribution in [0.25, 0.3) is 12.2 Å². The molecule has 1 aromatic heterocycles. The minimum absolute atomic E-state index is 0.00786. The second-order valence-electron chi connectivity index (χ2n) is 9.56. The van der Waals surface area contributed by atoms with E-state index in [-0.39, 0.29) is 22.6 Å². The van der Waals surface area contributed by atoms with Crippen LogP contribution in [0, 0.1) is 36.3 Å². The number of aromatic nitrogens is 1. The average molecular weight is 467 g/mol. The molecule has 7 heteroatoms. The van der Waals surface area contributed by atoms with Crippen LogP contribution >= 0.6 is 0 Å². The first-order valence-electron chi connectivity index (χ1n) is 11.2. The summed E-state index contributed by atoms with van der Waals surface area (Å²) in [5, 5.41) is 8.86. The van der Waals surface area contributed by atoms with Crippen molar-refractivity contribution >= 4 is 18.1 Å². The van der Waals surface area contributed by atoms with E-state index in [1.165, 1.54) is 18.2 Å². The van der Waals surface area contributed by atoms with Crippen molar-refractivity contribution in [1.29, 1.82) is 0 Å². The molecule has 2 N–H and O–H groups in total. The Hall–Kier alpha value is -3.21. The van der Waals surface area contributed by atoms with Gasteiger partial charge < -0.3 is 14.8 Å². The molecule has 2 aliphatic rings. The number of aromatic amines is 1. The maximum absolute atomic E-state index is 15.5. The molecule has 0 bridgehead atoms. The van der Waals surface area contributed by atoms with Gasteiger partial charge in [0.15, 0.2) is 0 Å². The Morgan fingerprint density at radius 2 is 2.03 bits per heavy atom. The number of hydrogen-bond acceptors (Lipinski definition) is 3. The van der Waals surface area contributed by atoms with Crippen LogP contribution in [-0.2, 0) is 16.0 Å². The molecule has 178 valence electrons. The smallest absolute Gasteiger partial charge is 0.328 e. The summed E-state index contributed by atoms with van der Waals surface area (Å²) in [6.45, 7) is 7.91. The molecule has 5 nitrogen and oxygen atoms in total. The fourth-order valence-electron chi connectivity index (χ4n) is 5.03. The van der Waals surface area contributed by atoms with Gasteiger partial charge in [0.05, 0.1) is 19.3 Å². The molecule has 2 aromatic rings. The molecular weight excluding hydrogens is 438 g/mol. The molecular formula is C27H28F2N2O3. The van der Waals surface area contributed by atoms with Crippen molar-refractivity contribution in [3.63, 3.8) is 0 Å². The van der Waals surface area contributed by atoms with Gasteiger partial charge in [-0.2, -0.15) is 0 Å². The van der Waals surface area contributed by atoms with Gasteiger partial charge in [-0.15, -0.1) is 6.42 Å². The lowest BCUT2D eigenvalue weighted by Gasteiger charge is -2.48. The minimum Gasteiger partial charge on any atom is -0.478 e. The number of aryl methyl sites for hydroxylation is 1. The first kappa shape index (κ1) is 23.9. The topological polar surface area (TPSA) is 65.6 Å². The van der Waals surface area contributed by atoms with Crippen LogP contribution < -0.4 is 0 Å². The summed E-state index contributed by atoms with van der Waals surface area (Å²) in [6, 6.07) is 1.68. The summed E-state index contributed by atoms with van der Waals surface area (Å²) in [5.41, 5.74) is 3.58. The summed E-state index contributed by atoms with van der Waals surface area (Å²) >= 11 is 0. The number of terminal acetylenes is 1. The van der Waals surface area contributed by atoms with E-state index in [2.05, 4.69) is 29.7 Å². The average Bonchev–Trinajstić information content (AvgIpc) is 3.05. The van der Waals surface area contributed by atoms with E-state index in [4.69, 9.17) is 16.3 Å². The molecule has 0 spiro atoms. The van der Waals surface area contributed by atoms with Gasteiger partial charge in [0, 0.05) is 41.0 Å². The Kier molecular flexibility index (Phi) is 6.48. The zero-order chi connectivity index (χ0) is 24.6. The molecule has 0 aliphatic carbocycles. The Morgan fingerprint density at radius 3 is 2.59 bits per heavy atom. The molecule has 0 saturated carbocycles. The molecule has 1 aromatic carbocycles. The number of carboxylic acids is 1. The molecule has 0 radical (unpaired) electrons. The standard InChI is InChI=1S/C27H28F2N2O3/c1-5-6-7-19-17(3)30-25-20(19)10-16(2)31(13-27(4)14-34-15-27)26(25)24-21(28)11-18(12-22(24)29)8-9-23(32)33/h1,6-9,11-12,16,26,30H,10,13-15H2,2-4H3,(H,32,33)/b7-6-,9-8+. The maximum Gasteiger partial charge on any atom is 0.328 e. The van der Waals surface area contributed by atoms with Crippen molar-refractivity contribution < 1.29 is 23.4 Å². The first-order valence-corrected chi connectivity index (χ1v) is 11.2. The van der Waals surface area contributed by atoms with E-state index >= 15 is 8.78 Å². The van der Waals surface area contributed by atoms with E-state index in [1.54, 1.807) is 6.08 Å². The number of ether oxygens (including phenoxy) is 1. The monoisotopic (exact) mass is 466 g/mol. The summed E-state index contributed by atoms with van der Waals surface area (Å²) in [7, 11) is 0. The predicted octanol–water partition coefficient (Wildman–Crippen LogP) is 4.72. The highest BCUT2D eigenvalue weighted by molar-refractivity contribution is 5.85. The number of fused-ring (bicyclic) bond motifs is 1. The number of carbonyl (C=O) groups is 1. The zero-order valence-corrected chi connectivity index (χ0v) is 19.5. The molecule has 0 amide bonds. The van der Waals surface area contributed by atoms with Crippen LogP contribution in [0.4, 0.5) is 8.78 Å². The molecule has 2 atom stereocenters. The third-order valence-electron chi connectivity index (χ3n) is 6.65. The number of rotatable bonds is 6. The van der Waals surface area contributed by atoms with E-state index in [1.807, 2.05) is 13.0 Å². The molecule has 1 saturated heterocycles. The summed E-state index contributed by atoms with van der Waals surface area (Å²) < 4.78 is 36.5. The van der Waals surface area contributed by atoms with Gasteiger partial charge in [0.25, 0.3) is 0 Å². The number of aliphatic carboxylic acids is 1. The lowest BCUT2D eigenvalue weighted by Crippen LogP contribution is -2.54. The van der Waals surface area contributed by atoms with Gasteiger partial charge in [0.2, 0.25) is 0 Å². The lowest BCUT2D eigenvalue weighted by molar-refractivity contribution is -0.131. The van der Waals surface area contributed by atoms with Crippen molar-refractivity contribution in [3.05, 3.63) is 69.6 Å². The molecule has 3 heterocycles. The number of hydrogen-bond donors (Lipinski definition) is 2. The van der Waals surface area contributed by atoms with Gasteiger partial charge >= 0.3 is 5.97 Å². The van der Waals surface area contributed by atoms with Crippen LogP contribution in [0.5, 0.6) is 0 Å². The third kappa shape index (κ3) is 4.44. The zero-order valence-electron chi connectivity index (χ0n) is 19.5. The number of nitrogens with one attached hydrogen (secondary N) is 1. The number of allylic oxidation sites excluding steroid dienone is 1. The van der Waals surface area contributed by atoms with Crippen LogP contribution in [0.2, 0.25) is 0 Å². The van der Waals surface area contributed by atoms with Gasteiger partial charge in [-0.25, -0.2) is 13.6 Å². The van der Waals surface area contributed by atoms with Gasteiger partial charge in [-0.3, -0.25) is 4.90 Å². The second kappa shape index (κ2) is 9.21. The summed E-state index contributed by atoms with van der Waals surface area (Å²) in [5.74, 6) is -0.120. The van der Waals surface area contributed by atoms with Crippen LogP contribution in [-0.4, -0.2) is 46.8 Å². The molecule has 34 heavy (non-hydrogen) atoms. The van der Waals surface area contributed by atoms with Crippen LogP contribution in [0.15, 0.2) is 24.3 Å². The van der Waals surface area contributed by atoms with Gasteiger partial charge in [-0.1, -0.05) is 12.8 Å². The summed E-state index contributed by atoms with van der Waals surface area (Å²) in [6.07, 6.45) is 11.6. The first-order chi connectivity index (χ1) is 16.1. The highest BCUT2D eigenvalue weighted by Gasteiger charge is 2.44. The number of carboxylic acid groups (broad SMARTS) is 1. The molecule has 2 unspecified atom stereocenters. The third-order valence-corrected chi connectivity index (χ3v) is 6.65. The van der Waals surface area contributed by atoms with E-state index < -0.39 is 23.6 Å². The highest BCUT2D eigenvalue weighted by Crippen LogP contribution is 2.44.